The normalized spacial score (nSPS) is 20.3. The zero-order valence-electron chi connectivity index (χ0n) is 76.5. The number of phenolic OH excluding ortho intramolecular Hbond substituents is 2. The van der Waals surface area contributed by atoms with Crippen molar-refractivity contribution < 1.29 is 121 Å². The Kier molecular flexibility index (Phi) is 33.4. The number of oxime groups is 1. The van der Waals surface area contributed by atoms with E-state index in [1.807, 2.05) is 0 Å². The van der Waals surface area contributed by atoms with E-state index in [4.69, 9.17) is 30.5 Å². The van der Waals surface area contributed by atoms with Crippen LogP contribution in [-0.4, -0.2) is 285 Å². The minimum atomic E-state index is -2.16. The third-order valence-electron chi connectivity index (χ3n) is 25.3. The fourth-order valence-electron chi connectivity index (χ4n) is 18.0. The number of aliphatic carboxylic acids is 1. The summed E-state index contributed by atoms with van der Waals surface area (Å²) in [5.41, 5.74) is 10.3. The summed E-state index contributed by atoms with van der Waals surface area (Å²) in [6.07, 6.45) is 1.13. The first-order valence-electron chi connectivity index (χ1n) is 45.6. The number of nitrogens with one attached hydrogen (secondary N) is 15. The number of phenols is 2. The smallest absolute Gasteiger partial charge is 0.305 e. The lowest BCUT2D eigenvalue weighted by Crippen LogP contribution is -2.61. The molecule has 4 aromatic heterocycles. The number of likely N-dealkylation sites (tertiary alicyclic amines) is 1. The highest BCUT2D eigenvalue weighted by Crippen LogP contribution is 2.53. The van der Waals surface area contributed by atoms with Crippen LogP contribution in [0.3, 0.4) is 0 Å². The molecule has 139 heavy (non-hydrogen) atoms. The fourth-order valence-corrected chi connectivity index (χ4v) is 18.0. The van der Waals surface area contributed by atoms with Crippen molar-refractivity contribution in [3.63, 3.8) is 0 Å². The SMILES string of the molecule is COc1cccc2c1C(=O)c1c(O)c3c(c(O)c1C2=O)C[C@@](O)(/C(C)=N/OCC(=O)NCCCC[C@H](NC(=O)[C@H](Cc1c[nH]c2ccccc12)NC(=O)[C@H](CC(=O)O)NC(=O)[C@H](Cc1cnc[nH]1)NC(=O)[C@H](CCCCNC(C)=O)NC(=O)[C@H](Cc1c[nH]c2ccccc12)NC(=O)[C@H](Cc1cnc[nH]1)NC(=O)[C@@H]1CCC(=O)N1)C(=O)N1CCC[C@H]1C(=O)NCC(N)=O)C[C@@H]3O[C@H]1C[C@H](N)[C@H](O)[C@H](C)O1. The highest BCUT2D eigenvalue weighted by Gasteiger charge is 2.51. The van der Waals surface area contributed by atoms with Crippen molar-refractivity contribution in [3.05, 3.63) is 160 Å². The van der Waals surface area contributed by atoms with Crippen LogP contribution < -0.4 is 74.7 Å². The third kappa shape index (κ3) is 24.9. The van der Waals surface area contributed by atoms with Crippen molar-refractivity contribution in [1.29, 1.82) is 0 Å². The Morgan fingerprint density at radius 2 is 1.19 bits per heavy atom. The van der Waals surface area contributed by atoms with Crippen LogP contribution in [0, 0.1) is 0 Å². The van der Waals surface area contributed by atoms with Gasteiger partial charge < -0.3 is 139 Å². The molecular weight excluding hydrogens is 1810 g/mol. The molecule has 0 spiro atoms. The van der Waals surface area contributed by atoms with E-state index >= 15 is 28.8 Å². The van der Waals surface area contributed by atoms with Gasteiger partial charge in [0.25, 0.3) is 5.91 Å². The van der Waals surface area contributed by atoms with E-state index in [2.05, 4.69) is 93.5 Å². The Balaban J connectivity index is 0.716. The number of aromatic amines is 4. The maximum atomic E-state index is 15.4. The van der Waals surface area contributed by atoms with Gasteiger partial charge in [-0.2, -0.15) is 0 Å². The zero-order chi connectivity index (χ0) is 99.6. The number of carbonyl (C=O) groups excluding carboxylic acids is 15. The van der Waals surface area contributed by atoms with Gasteiger partial charge in [0, 0.05) is 159 Å². The van der Waals surface area contributed by atoms with E-state index in [1.165, 1.54) is 69.1 Å². The second-order valence-electron chi connectivity index (χ2n) is 35.1. The summed E-state index contributed by atoms with van der Waals surface area (Å²) in [6, 6.07) is 3.61. The maximum absolute atomic E-state index is 15.4. The van der Waals surface area contributed by atoms with E-state index < -0.39 is 235 Å². The minimum absolute atomic E-state index is 0.0193. The van der Waals surface area contributed by atoms with Gasteiger partial charge in [0.1, 0.15) is 77.2 Å². The molecule has 2 aliphatic carbocycles. The largest absolute Gasteiger partial charge is 0.507 e. The van der Waals surface area contributed by atoms with Gasteiger partial charge in [-0.3, -0.25) is 76.7 Å². The standard InChI is InChI=1S/C93H113N21O25/c1-45-79(121)56(94)33-74(138-45)139-69-36-93(135,35-55-76(69)83(125)78-77(81(55)123)80(122)54-17-13-23-68(136-4)75(54)82(78)124)46(2)113-137-42-72(118)99-27-12-10-21-61(92(134)114-28-14-22-67(114)91(133)102-41-70(95)116)107-87(129)63(30-49-38-101-58-19-8-6-16-53(49)58)109-90(132)66(34-73(119)120)112-89(131)65(32-51-40-97-44-104-51)110-84(126)59(20-9-11-26-98-47(3)115)106-86(128)62(29-48-37-100-57-18-7-5-15-52(48)57)108-88(130)64(31-50-39-96-43-103-50)111-85(127)60-24-25-71(117)105-60/h5-8,13,15-19,23,37-40,43-45,56,59-67,69,74,79,100-101,121,123,125,135H,9-12,14,20-22,24-36,41-42,94H2,1-4H3,(H2,95,116)(H,96,103)(H,97,104)(H,98,115)(H,99,118)(H,102,133)(H,105,117)(H,106,128)(H,107,129)(H,108,130)(H,109,132)(H,110,126)(H,111,127)(H,112,131)(H,119,120)/b113-46+/t45-,56-,59-,60-,61-,62-,63-,64-,65-,66-,67-,69-,74-,79+,93-/m0/s1. The van der Waals surface area contributed by atoms with Crippen molar-refractivity contribution >= 4 is 122 Å². The number of hydrogen-bond donors (Lipinski definition) is 22. The van der Waals surface area contributed by atoms with Crippen molar-refractivity contribution in [2.24, 2.45) is 16.6 Å². The fraction of sp³-hybridized carbons (Fsp3) is 0.452. The lowest BCUT2D eigenvalue weighted by Gasteiger charge is -2.42. The molecule has 8 aromatic rings. The van der Waals surface area contributed by atoms with E-state index in [1.54, 1.807) is 67.8 Å². The molecule has 0 bridgehead atoms. The first-order chi connectivity index (χ1) is 66.5. The van der Waals surface area contributed by atoms with Crippen LogP contribution in [0.15, 0.2) is 109 Å². The predicted octanol–water partition coefficient (Wildman–Crippen LogP) is -1.46. The monoisotopic (exact) mass is 1920 g/mol. The number of nitrogens with zero attached hydrogens (tertiary/aromatic N) is 4. The molecule has 46 nitrogen and oxygen atoms in total. The average Bonchev–Trinajstić information content (AvgIpc) is 1.30. The topological polar surface area (TPSA) is 700 Å². The van der Waals surface area contributed by atoms with Crippen molar-refractivity contribution in [3.8, 4) is 17.2 Å². The van der Waals surface area contributed by atoms with Gasteiger partial charge in [-0.05, 0) is 101 Å². The summed E-state index contributed by atoms with van der Waals surface area (Å²) >= 11 is 0. The third-order valence-corrected chi connectivity index (χ3v) is 25.3. The maximum Gasteiger partial charge on any atom is 0.305 e. The number of aromatic nitrogens is 6. The average molecular weight is 1930 g/mol. The molecule has 4 aromatic carbocycles. The number of amides is 13. The second-order valence-corrected chi connectivity index (χ2v) is 35.1. The van der Waals surface area contributed by atoms with Crippen LogP contribution in [0.25, 0.3) is 21.8 Å². The van der Waals surface area contributed by atoms with Gasteiger partial charge in [0.2, 0.25) is 76.7 Å². The number of nitrogens with two attached hydrogens (primary N) is 2. The number of ketones is 2. The lowest BCUT2D eigenvalue weighted by molar-refractivity contribution is -0.245. The number of ether oxygens (including phenoxy) is 3. The number of primary amides is 1. The number of aliphatic hydroxyl groups is 2. The molecule has 13 amide bonds. The molecule has 3 aliphatic heterocycles. The lowest BCUT2D eigenvalue weighted by atomic mass is 9.72. The molecule has 0 unspecified atom stereocenters. The number of carboxylic acids is 1. The zero-order valence-corrected chi connectivity index (χ0v) is 76.5. The Hall–Kier alpha value is -15.0. The number of H-pyrrole nitrogens is 4. The summed E-state index contributed by atoms with van der Waals surface area (Å²) in [5.74, 6) is -15.7. The molecule has 15 atom stereocenters. The number of carbonyl (C=O) groups is 16. The van der Waals surface area contributed by atoms with Crippen LogP contribution >= 0.6 is 0 Å². The number of aliphatic hydroxyl groups excluding tert-OH is 1. The molecule has 46 heteroatoms. The Morgan fingerprint density at radius 1 is 0.640 bits per heavy atom. The number of imidazole rings is 2. The summed E-state index contributed by atoms with van der Waals surface area (Å²) in [6.45, 7) is 2.83. The molecule has 3 saturated heterocycles. The van der Waals surface area contributed by atoms with Crippen LogP contribution in [0.1, 0.15) is 176 Å². The number of unbranched alkanes of at least 4 members (excludes halogenated alkanes) is 2. The number of para-hydroxylation sites is 2. The van der Waals surface area contributed by atoms with Crippen LogP contribution in [-0.2, 0) is 114 Å². The van der Waals surface area contributed by atoms with Crippen LogP contribution in [0.2, 0.25) is 0 Å². The molecule has 3 fully saturated rings. The number of fused-ring (bicyclic) bond motifs is 5. The predicted molar refractivity (Wildman–Crippen MR) is 491 cm³/mol. The van der Waals surface area contributed by atoms with Crippen LogP contribution in [0.4, 0.5) is 0 Å². The number of methoxy groups -OCH3 is 1. The Labute approximate surface area is 793 Å². The van der Waals surface area contributed by atoms with E-state index in [9.17, 15) is 73.5 Å². The van der Waals surface area contributed by atoms with Gasteiger partial charge in [0.05, 0.1) is 73.4 Å². The number of hydrogen-bond acceptors (Lipinski definition) is 28. The molecule has 740 valence electrons. The molecule has 24 N–H and O–H groups in total. The van der Waals surface area contributed by atoms with E-state index in [0.717, 1.165) is 0 Å². The number of carboxylic acid groups (broad SMARTS) is 1. The Morgan fingerprint density at radius 3 is 1.76 bits per heavy atom. The second kappa shape index (κ2) is 45.7. The highest BCUT2D eigenvalue weighted by atomic mass is 16.7. The first kappa shape index (κ1) is 101. The van der Waals surface area contributed by atoms with Crippen molar-refractivity contribution in [2.75, 3.05) is 39.9 Å². The van der Waals surface area contributed by atoms with Gasteiger partial charge in [-0.15, -0.1) is 0 Å². The number of benzene rings is 4. The Bertz CT molecular complexity index is 5970. The highest BCUT2D eigenvalue weighted by molar-refractivity contribution is 6.31. The molecule has 0 radical (unpaired) electrons. The van der Waals surface area contributed by atoms with Crippen LogP contribution in [0.5, 0.6) is 17.2 Å². The molecule has 13 rings (SSSR count). The quantitative estimate of drug-likeness (QED) is 0.00898. The molecule has 0 saturated carbocycles. The molecular formula is C93H113N21O25. The minimum Gasteiger partial charge on any atom is -0.507 e. The summed E-state index contributed by atoms with van der Waals surface area (Å²) in [4.78, 5) is 252. The van der Waals surface area contributed by atoms with E-state index in [-0.39, 0.29) is 161 Å². The van der Waals surface area contributed by atoms with Crippen molar-refractivity contribution in [2.45, 2.75) is 227 Å². The van der Waals surface area contributed by atoms with Gasteiger partial charge >= 0.3 is 5.97 Å². The van der Waals surface area contributed by atoms with Gasteiger partial charge in [0.15, 0.2) is 18.7 Å². The summed E-state index contributed by atoms with van der Waals surface area (Å²) in [7, 11) is 1.29. The van der Waals surface area contributed by atoms with Gasteiger partial charge in [-0.25, -0.2) is 9.97 Å². The van der Waals surface area contributed by atoms with Crippen molar-refractivity contribution in [1.82, 2.24) is 93.3 Å². The molecule has 7 heterocycles. The first-order valence-corrected chi connectivity index (χ1v) is 45.6. The molecule has 5 aliphatic rings. The summed E-state index contributed by atoms with van der Waals surface area (Å²) < 4.78 is 17.8. The number of rotatable bonds is 45. The number of aromatic hydroxyl groups is 2. The van der Waals surface area contributed by atoms with E-state index in [0.29, 0.717) is 38.6 Å². The summed E-state index contributed by atoms with van der Waals surface area (Å²) in [5, 5.41) is 92.5. The van der Waals surface area contributed by atoms with Gasteiger partial charge in [-0.1, -0.05) is 53.7 Å².